The number of para-hydroxylation sites is 2. The summed E-state index contributed by atoms with van der Waals surface area (Å²) in [7, 11) is 0. The maximum atomic E-state index is 2.54. The normalized spacial score (nSPS) is 13.7. The smallest absolute Gasteiger partial charge is 0.0725 e. The van der Waals surface area contributed by atoms with Gasteiger partial charge in [0.1, 0.15) is 0 Å². The summed E-state index contributed by atoms with van der Waals surface area (Å²) in [5.41, 5.74) is 20.2. The molecule has 2 aliphatic carbocycles. The van der Waals surface area contributed by atoms with Crippen LogP contribution in [0.2, 0.25) is 0 Å². The van der Waals surface area contributed by atoms with Gasteiger partial charge in [0.15, 0.2) is 0 Å². The van der Waals surface area contributed by atoms with Gasteiger partial charge in [-0.25, -0.2) is 0 Å². The van der Waals surface area contributed by atoms with E-state index in [2.05, 4.69) is 247 Å². The minimum Gasteiger partial charge on any atom is -0.309 e. The van der Waals surface area contributed by atoms with Gasteiger partial charge < -0.3 is 4.57 Å². The highest BCUT2D eigenvalue weighted by Gasteiger charge is 2.51. The molecule has 0 aliphatic heterocycles. The summed E-state index contributed by atoms with van der Waals surface area (Å²) in [6.45, 7) is 0. The molecule has 1 heteroatoms. The molecule has 1 unspecified atom stereocenters. The molecule has 13 rings (SSSR count). The van der Waals surface area contributed by atoms with Crippen LogP contribution in [0.25, 0.3) is 77.7 Å². The molecule has 0 N–H and O–H groups in total. The standard InChI is InChI=1S/C62H41N/c1-2-17-46(18-3-1)63-60-28-13-9-23-54(60)55-39-44(35-38-61(55)63)42-32-29-41(30-33-42)31-36-48(49-24-14-16-43-15-4-5-19-47(43)49)45-34-37-53-52-22-8-12-27-58(52)62(59(53)40-45)56-25-10-6-20-50(56)51-21-7-11-26-57(51)62/h1-40,48H/b36-31+. The molecule has 1 heterocycles. The van der Waals surface area contributed by atoms with E-state index < -0.39 is 5.41 Å². The van der Waals surface area contributed by atoms with Crippen molar-refractivity contribution in [1.29, 1.82) is 0 Å². The molecule has 0 bridgehead atoms. The van der Waals surface area contributed by atoms with Gasteiger partial charge in [-0.3, -0.25) is 0 Å². The highest BCUT2D eigenvalue weighted by Crippen LogP contribution is 2.63. The van der Waals surface area contributed by atoms with E-state index in [1.54, 1.807) is 0 Å². The van der Waals surface area contributed by atoms with Gasteiger partial charge in [0.25, 0.3) is 0 Å². The first-order valence-electron chi connectivity index (χ1n) is 22.0. The van der Waals surface area contributed by atoms with Gasteiger partial charge in [0, 0.05) is 22.4 Å². The molecule has 11 aromatic rings. The minimum atomic E-state index is -0.391. The van der Waals surface area contributed by atoms with Crippen LogP contribution in [0.15, 0.2) is 237 Å². The largest absolute Gasteiger partial charge is 0.309 e. The number of benzene rings is 10. The average molecular weight is 800 g/mol. The van der Waals surface area contributed by atoms with Crippen molar-refractivity contribution in [1.82, 2.24) is 4.57 Å². The fourth-order valence-corrected chi connectivity index (χ4v) is 11.2. The van der Waals surface area contributed by atoms with E-state index >= 15 is 0 Å². The van der Waals surface area contributed by atoms with Crippen LogP contribution in [-0.4, -0.2) is 4.57 Å². The number of rotatable bonds is 6. The van der Waals surface area contributed by atoms with Gasteiger partial charge >= 0.3 is 0 Å². The summed E-state index contributed by atoms with van der Waals surface area (Å²) in [5.74, 6) is 0.0121. The fraction of sp³-hybridized carbons (Fsp3) is 0.0323. The molecule has 294 valence electrons. The molecule has 0 saturated carbocycles. The number of allylic oxidation sites excluding steroid dienone is 1. The predicted molar refractivity (Wildman–Crippen MR) is 264 cm³/mol. The average Bonchev–Trinajstić information content (AvgIpc) is 3.96. The van der Waals surface area contributed by atoms with E-state index in [1.165, 1.54) is 111 Å². The molecular weight excluding hydrogens is 759 g/mol. The lowest BCUT2D eigenvalue weighted by Crippen LogP contribution is -2.26. The Balaban J connectivity index is 0.926. The van der Waals surface area contributed by atoms with Crippen molar-refractivity contribution in [3.05, 3.63) is 276 Å². The van der Waals surface area contributed by atoms with Crippen LogP contribution in [0.4, 0.5) is 0 Å². The van der Waals surface area contributed by atoms with Gasteiger partial charge in [-0.2, -0.15) is 0 Å². The molecule has 1 atom stereocenters. The summed E-state index contributed by atoms with van der Waals surface area (Å²) in [6.07, 6.45) is 4.75. The van der Waals surface area contributed by atoms with Crippen molar-refractivity contribution in [3.8, 4) is 39.1 Å². The summed E-state index contributed by atoms with van der Waals surface area (Å²) in [4.78, 5) is 0. The van der Waals surface area contributed by atoms with Crippen LogP contribution in [0.3, 0.4) is 0 Å². The summed E-state index contributed by atoms with van der Waals surface area (Å²) < 4.78 is 2.37. The monoisotopic (exact) mass is 799 g/mol. The van der Waals surface area contributed by atoms with E-state index in [1.807, 2.05) is 0 Å². The Morgan fingerprint density at radius 1 is 0.381 bits per heavy atom. The fourth-order valence-electron chi connectivity index (χ4n) is 11.2. The summed E-state index contributed by atoms with van der Waals surface area (Å²) >= 11 is 0. The number of hydrogen-bond donors (Lipinski definition) is 0. The number of fused-ring (bicyclic) bond motifs is 14. The summed E-state index contributed by atoms with van der Waals surface area (Å²) in [5, 5.41) is 5.06. The maximum Gasteiger partial charge on any atom is 0.0725 e. The van der Waals surface area contributed by atoms with Gasteiger partial charge in [0.05, 0.1) is 16.4 Å². The highest BCUT2D eigenvalue weighted by atomic mass is 15.0. The van der Waals surface area contributed by atoms with Crippen molar-refractivity contribution < 1.29 is 0 Å². The van der Waals surface area contributed by atoms with Crippen molar-refractivity contribution in [3.63, 3.8) is 0 Å². The third-order valence-electron chi connectivity index (χ3n) is 14.0. The highest BCUT2D eigenvalue weighted by molar-refractivity contribution is 6.10. The van der Waals surface area contributed by atoms with Crippen LogP contribution in [0.1, 0.15) is 44.9 Å². The van der Waals surface area contributed by atoms with Crippen LogP contribution in [0.5, 0.6) is 0 Å². The third kappa shape index (κ3) is 5.30. The minimum absolute atomic E-state index is 0.0121. The quantitative estimate of drug-likeness (QED) is 0.158. The van der Waals surface area contributed by atoms with E-state index in [9.17, 15) is 0 Å². The molecule has 10 aromatic carbocycles. The Bertz CT molecular complexity index is 3550. The molecule has 0 amide bonds. The molecule has 2 aliphatic rings. The molecular formula is C62H41N. The van der Waals surface area contributed by atoms with E-state index in [0.717, 1.165) is 0 Å². The second-order valence-corrected chi connectivity index (χ2v) is 17.1. The maximum absolute atomic E-state index is 2.54. The lowest BCUT2D eigenvalue weighted by molar-refractivity contribution is 0.790. The first kappa shape index (κ1) is 35.7. The molecule has 0 radical (unpaired) electrons. The Hall–Kier alpha value is -8.00. The van der Waals surface area contributed by atoms with Crippen molar-refractivity contribution in [2.45, 2.75) is 11.3 Å². The van der Waals surface area contributed by atoms with Gasteiger partial charge in [-0.15, -0.1) is 0 Å². The number of aromatic nitrogens is 1. The Kier molecular flexibility index (Phi) is 7.95. The molecule has 0 fully saturated rings. The van der Waals surface area contributed by atoms with Crippen molar-refractivity contribution in [2.75, 3.05) is 0 Å². The van der Waals surface area contributed by atoms with Crippen LogP contribution >= 0.6 is 0 Å². The first-order valence-corrected chi connectivity index (χ1v) is 22.0. The van der Waals surface area contributed by atoms with Crippen LogP contribution in [0, 0.1) is 0 Å². The number of nitrogens with zero attached hydrogens (tertiary/aromatic N) is 1. The Morgan fingerprint density at radius 2 is 0.952 bits per heavy atom. The third-order valence-corrected chi connectivity index (χ3v) is 14.0. The Morgan fingerprint density at radius 3 is 1.68 bits per heavy atom. The molecule has 1 aromatic heterocycles. The van der Waals surface area contributed by atoms with Crippen molar-refractivity contribution in [2.24, 2.45) is 0 Å². The predicted octanol–water partition coefficient (Wildman–Crippen LogP) is 15.8. The van der Waals surface area contributed by atoms with E-state index in [0.29, 0.717) is 0 Å². The molecule has 0 saturated heterocycles. The molecule has 63 heavy (non-hydrogen) atoms. The van der Waals surface area contributed by atoms with E-state index in [-0.39, 0.29) is 5.92 Å². The second-order valence-electron chi connectivity index (χ2n) is 17.1. The number of hydrogen-bond acceptors (Lipinski definition) is 0. The van der Waals surface area contributed by atoms with Gasteiger partial charge in [0.2, 0.25) is 0 Å². The molecule has 1 nitrogen and oxygen atoms in total. The van der Waals surface area contributed by atoms with Crippen LogP contribution < -0.4 is 0 Å². The van der Waals surface area contributed by atoms with Gasteiger partial charge in [-0.1, -0.05) is 212 Å². The summed E-state index contributed by atoms with van der Waals surface area (Å²) in [6, 6.07) is 85.5. The van der Waals surface area contributed by atoms with E-state index in [4.69, 9.17) is 0 Å². The lowest BCUT2D eigenvalue weighted by atomic mass is 9.70. The topological polar surface area (TPSA) is 4.93 Å². The second kappa shape index (κ2) is 14.0. The Labute approximate surface area is 367 Å². The first-order chi connectivity index (χ1) is 31.3. The zero-order valence-electron chi connectivity index (χ0n) is 34.6. The van der Waals surface area contributed by atoms with Gasteiger partial charge in [-0.05, 0) is 113 Å². The lowest BCUT2D eigenvalue weighted by Gasteiger charge is -2.31. The van der Waals surface area contributed by atoms with Crippen LogP contribution in [-0.2, 0) is 5.41 Å². The SMILES string of the molecule is C(=C\C(c1ccc2c(c1)C1(c3ccccc3-c3ccccc31)c1ccccc1-2)c1cccc2ccccc12)/c1ccc(-c2ccc3c(c2)c2ccccc2n3-c2ccccc2)cc1. The van der Waals surface area contributed by atoms with Crippen molar-refractivity contribution >= 4 is 38.7 Å². The zero-order valence-corrected chi connectivity index (χ0v) is 34.6. The zero-order chi connectivity index (χ0) is 41.5. The molecule has 1 spiro atoms.